The van der Waals surface area contributed by atoms with E-state index in [0.717, 1.165) is 0 Å². The maximum absolute atomic E-state index is 2.36. The van der Waals surface area contributed by atoms with Gasteiger partial charge in [-0.05, 0) is 42.1 Å². The predicted octanol–water partition coefficient (Wildman–Crippen LogP) is 5.53. The molecular formula is C20H18S. The molecule has 3 aromatic rings. The Morgan fingerprint density at radius 1 is 0.619 bits per heavy atom. The van der Waals surface area contributed by atoms with Gasteiger partial charge in [0.1, 0.15) is 0 Å². The summed E-state index contributed by atoms with van der Waals surface area (Å²) in [5.41, 5.74) is 2.57. The minimum Gasteiger partial charge on any atom is -0.123 e. The van der Waals surface area contributed by atoms with Crippen LogP contribution in [0.2, 0.25) is 0 Å². The van der Waals surface area contributed by atoms with Crippen LogP contribution in [0.15, 0.2) is 94.7 Å². The molecule has 0 spiro atoms. The van der Waals surface area contributed by atoms with Crippen LogP contribution >= 0.6 is 10.5 Å². The van der Waals surface area contributed by atoms with Crippen LogP contribution in [0, 0.1) is 6.92 Å². The lowest BCUT2D eigenvalue weighted by molar-refractivity contribution is 1.36. The summed E-state index contributed by atoms with van der Waals surface area (Å²) in [6.07, 6.45) is 0. The molecule has 0 fully saturated rings. The summed E-state index contributed by atoms with van der Waals surface area (Å²) < 4.78 is 0. The third kappa shape index (κ3) is 3.50. The quantitative estimate of drug-likeness (QED) is 0.556. The van der Waals surface area contributed by atoms with E-state index in [1.54, 1.807) is 0 Å². The van der Waals surface area contributed by atoms with Crippen molar-refractivity contribution in [3.63, 3.8) is 0 Å². The molecule has 0 aromatic heterocycles. The first-order chi connectivity index (χ1) is 10.3. The highest BCUT2D eigenvalue weighted by molar-refractivity contribution is 8.15. The summed E-state index contributed by atoms with van der Waals surface area (Å²) in [6, 6.07) is 30.2. The zero-order chi connectivity index (χ0) is 14.5. The van der Waals surface area contributed by atoms with E-state index in [1.165, 1.54) is 20.9 Å². The van der Waals surface area contributed by atoms with Gasteiger partial charge in [-0.25, -0.2) is 0 Å². The topological polar surface area (TPSA) is 0 Å². The smallest absolute Gasteiger partial charge is 0.00624 e. The molecule has 0 aliphatic carbocycles. The van der Waals surface area contributed by atoms with Crippen LogP contribution in [0.4, 0.5) is 0 Å². The Morgan fingerprint density at radius 2 is 1.14 bits per heavy atom. The highest BCUT2D eigenvalue weighted by Crippen LogP contribution is 2.35. The van der Waals surface area contributed by atoms with Gasteiger partial charge in [0.15, 0.2) is 0 Å². The van der Waals surface area contributed by atoms with Crippen LogP contribution in [0.3, 0.4) is 0 Å². The van der Waals surface area contributed by atoms with E-state index >= 15 is 0 Å². The molecular weight excluding hydrogens is 272 g/mol. The van der Waals surface area contributed by atoms with Crippen LogP contribution in [0.1, 0.15) is 11.1 Å². The van der Waals surface area contributed by atoms with Crippen LogP contribution in [-0.4, -0.2) is 5.37 Å². The highest BCUT2D eigenvalue weighted by Gasteiger charge is 2.03. The predicted molar refractivity (Wildman–Crippen MR) is 93.4 cm³/mol. The Balaban J connectivity index is 2.12. The monoisotopic (exact) mass is 290 g/mol. The van der Waals surface area contributed by atoms with Crippen LogP contribution < -0.4 is 0 Å². The Labute approximate surface area is 129 Å². The van der Waals surface area contributed by atoms with Crippen LogP contribution in [0.5, 0.6) is 0 Å². The molecule has 0 bridgehead atoms. The highest BCUT2D eigenvalue weighted by atomic mass is 32.2. The molecule has 1 unspecified atom stereocenters. The van der Waals surface area contributed by atoms with Crippen molar-refractivity contribution >= 4 is 15.9 Å². The summed E-state index contributed by atoms with van der Waals surface area (Å²) in [5, 5.41) is 2.36. The molecule has 0 saturated carbocycles. The van der Waals surface area contributed by atoms with Gasteiger partial charge in [0.05, 0.1) is 0 Å². The van der Waals surface area contributed by atoms with E-state index < -0.39 is 0 Å². The third-order valence-corrected chi connectivity index (χ3v) is 5.39. The zero-order valence-electron chi connectivity index (χ0n) is 12.1. The standard InChI is InChI=1S/C20H18S/c1-17-12-14-20(15-13-17)21(19-10-6-3-7-11-19)16-18-8-4-2-5-9-18/h2-16H,1H3. The second-order valence-corrected chi connectivity index (χ2v) is 6.85. The van der Waals surface area contributed by atoms with E-state index in [0.29, 0.717) is 0 Å². The molecule has 0 aliphatic heterocycles. The molecule has 3 aromatic carbocycles. The van der Waals surface area contributed by atoms with E-state index in [1.807, 2.05) is 0 Å². The zero-order valence-corrected chi connectivity index (χ0v) is 12.9. The van der Waals surface area contributed by atoms with Crippen molar-refractivity contribution in [3.05, 3.63) is 96.1 Å². The second kappa shape index (κ2) is 6.55. The number of hydrogen-bond donors (Lipinski definition) is 0. The van der Waals surface area contributed by atoms with Gasteiger partial charge in [-0.3, -0.25) is 0 Å². The van der Waals surface area contributed by atoms with Crippen molar-refractivity contribution in [2.75, 3.05) is 0 Å². The molecule has 0 amide bonds. The maximum Gasteiger partial charge on any atom is 0.00624 e. The Morgan fingerprint density at radius 3 is 1.76 bits per heavy atom. The first kappa shape index (κ1) is 13.8. The third-order valence-electron chi connectivity index (χ3n) is 3.33. The van der Waals surface area contributed by atoms with Gasteiger partial charge in [0.2, 0.25) is 0 Å². The normalized spacial score (nSPS) is 12.2. The van der Waals surface area contributed by atoms with Crippen molar-refractivity contribution in [2.45, 2.75) is 16.7 Å². The van der Waals surface area contributed by atoms with Crippen molar-refractivity contribution in [2.24, 2.45) is 0 Å². The summed E-state index contributed by atoms with van der Waals surface area (Å²) in [7, 11) is -0.0355. The van der Waals surface area contributed by atoms with Gasteiger partial charge in [-0.1, -0.05) is 66.2 Å². The lowest BCUT2D eigenvalue weighted by Gasteiger charge is -2.11. The average Bonchev–Trinajstić information content (AvgIpc) is 2.55. The van der Waals surface area contributed by atoms with Crippen molar-refractivity contribution < 1.29 is 0 Å². The summed E-state index contributed by atoms with van der Waals surface area (Å²) in [6.45, 7) is 2.13. The largest absolute Gasteiger partial charge is 0.123 e. The number of aryl methyl sites for hydroxylation is 1. The Hall–Kier alpha value is -2.12. The molecule has 0 nitrogen and oxygen atoms in total. The van der Waals surface area contributed by atoms with E-state index in [9.17, 15) is 0 Å². The lowest BCUT2D eigenvalue weighted by Crippen LogP contribution is -1.85. The maximum atomic E-state index is 2.36. The number of hydrogen-bond acceptors (Lipinski definition) is 0. The van der Waals surface area contributed by atoms with Gasteiger partial charge in [0, 0.05) is 9.79 Å². The molecule has 0 aliphatic rings. The minimum atomic E-state index is -0.0355. The van der Waals surface area contributed by atoms with Crippen LogP contribution in [-0.2, 0) is 0 Å². The molecule has 0 heterocycles. The SMILES string of the molecule is Cc1ccc(S(=Cc2ccccc2)c2ccccc2)cc1. The molecule has 0 saturated heterocycles. The van der Waals surface area contributed by atoms with E-state index in [4.69, 9.17) is 0 Å². The molecule has 0 radical (unpaired) electrons. The minimum absolute atomic E-state index is 0.0355. The Bertz CT molecular complexity index is 726. The van der Waals surface area contributed by atoms with Crippen molar-refractivity contribution in [3.8, 4) is 0 Å². The molecule has 104 valence electrons. The lowest BCUT2D eigenvalue weighted by atomic mass is 10.2. The fourth-order valence-electron chi connectivity index (χ4n) is 2.19. The molecule has 0 N–H and O–H groups in total. The molecule has 21 heavy (non-hydrogen) atoms. The number of rotatable bonds is 3. The van der Waals surface area contributed by atoms with Gasteiger partial charge in [-0.15, -0.1) is 10.5 Å². The summed E-state index contributed by atoms with van der Waals surface area (Å²) in [5.74, 6) is 0. The summed E-state index contributed by atoms with van der Waals surface area (Å²) >= 11 is 0. The first-order valence-corrected chi connectivity index (χ1v) is 8.36. The Kier molecular flexibility index (Phi) is 4.32. The van der Waals surface area contributed by atoms with Crippen molar-refractivity contribution in [1.82, 2.24) is 0 Å². The van der Waals surface area contributed by atoms with Gasteiger partial charge in [0.25, 0.3) is 0 Å². The number of benzene rings is 3. The van der Waals surface area contributed by atoms with Crippen molar-refractivity contribution in [1.29, 1.82) is 0 Å². The fraction of sp³-hybridized carbons (Fsp3) is 0.0500. The molecule has 3 rings (SSSR count). The summed E-state index contributed by atoms with van der Waals surface area (Å²) in [4.78, 5) is 2.71. The van der Waals surface area contributed by atoms with E-state index in [-0.39, 0.29) is 10.5 Å². The average molecular weight is 290 g/mol. The fourth-order valence-corrected chi connectivity index (χ4v) is 4.05. The molecule has 1 heteroatoms. The van der Waals surface area contributed by atoms with Gasteiger partial charge in [-0.2, -0.15) is 0 Å². The van der Waals surface area contributed by atoms with E-state index in [2.05, 4.69) is 97.2 Å². The van der Waals surface area contributed by atoms with Gasteiger partial charge >= 0.3 is 0 Å². The van der Waals surface area contributed by atoms with Crippen LogP contribution in [0.25, 0.3) is 0 Å². The first-order valence-electron chi connectivity index (χ1n) is 7.08. The molecule has 1 atom stereocenters. The van der Waals surface area contributed by atoms with Gasteiger partial charge < -0.3 is 0 Å². The second-order valence-electron chi connectivity index (χ2n) is 4.99.